The molecule has 19 heavy (non-hydrogen) atoms. The molecule has 0 heterocycles. The number of carbonyl (C=O) groups is 2. The van der Waals surface area contributed by atoms with Crippen LogP contribution in [0.2, 0.25) is 0 Å². The van der Waals surface area contributed by atoms with Crippen LogP contribution in [0.3, 0.4) is 0 Å². The van der Waals surface area contributed by atoms with Gasteiger partial charge in [-0.3, -0.25) is 9.59 Å². The van der Waals surface area contributed by atoms with Gasteiger partial charge in [-0.25, -0.2) is 0 Å². The van der Waals surface area contributed by atoms with Crippen LogP contribution in [0.1, 0.15) is 23.2 Å². The Balaban J connectivity index is 0.00000180. The lowest BCUT2D eigenvalue weighted by Gasteiger charge is -2.06. The van der Waals surface area contributed by atoms with Crippen LogP contribution in [0.25, 0.3) is 0 Å². The monoisotopic (exact) mass is 283 g/mol. The molecule has 5 nitrogen and oxygen atoms in total. The van der Waals surface area contributed by atoms with E-state index in [2.05, 4.69) is 10.6 Å². The summed E-state index contributed by atoms with van der Waals surface area (Å²) in [5, 5.41) is 5.51. The lowest BCUT2D eigenvalue weighted by Crippen LogP contribution is -2.28. The molecule has 0 bridgehead atoms. The molecular weight excluding hydrogens is 266 g/mol. The molecule has 1 aliphatic rings. The number of hydrogen-bond acceptors (Lipinski definition) is 3. The predicted octanol–water partition coefficient (Wildman–Crippen LogP) is 1.15. The first-order valence-electron chi connectivity index (χ1n) is 6.10. The van der Waals surface area contributed by atoms with Crippen molar-refractivity contribution in [2.45, 2.75) is 12.8 Å². The quantitative estimate of drug-likeness (QED) is 0.758. The average molecular weight is 284 g/mol. The van der Waals surface area contributed by atoms with Crippen molar-refractivity contribution >= 4 is 29.9 Å². The highest BCUT2D eigenvalue weighted by Crippen LogP contribution is 2.30. The molecule has 2 rings (SSSR count). The Bertz CT molecular complexity index is 444. The molecule has 1 aromatic carbocycles. The summed E-state index contributed by atoms with van der Waals surface area (Å²) in [7, 11) is 0. The smallest absolute Gasteiger partial charge is 0.251 e. The van der Waals surface area contributed by atoms with Crippen LogP contribution >= 0.6 is 12.4 Å². The van der Waals surface area contributed by atoms with Crippen molar-refractivity contribution in [3.63, 3.8) is 0 Å². The molecule has 1 aromatic rings. The van der Waals surface area contributed by atoms with Crippen molar-refractivity contribution in [3.8, 4) is 0 Å². The lowest BCUT2D eigenvalue weighted by molar-refractivity contribution is -0.117. The molecule has 0 aliphatic heterocycles. The molecule has 0 atom stereocenters. The van der Waals surface area contributed by atoms with Gasteiger partial charge in [-0.15, -0.1) is 12.4 Å². The van der Waals surface area contributed by atoms with Crippen molar-refractivity contribution < 1.29 is 9.59 Å². The van der Waals surface area contributed by atoms with E-state index in [1.54, 1.807) is 24.3 Å². The van der Waals surface area contributed by atoms with E-state index in [-0.39, 0.29) is 30.1 Å². The molecule has 0 aromatic heterocycles. The second kappa shape index (κ2) is 7.11. The average Bonchev–Trinajstić information content (AvgIpc) is 3.21. The van der Waals surface area contributed by atoms with Gasteiger partial charge in [0.25, 0.3) is 5.91 Å². The van der Waals surface area contributed by atoms with Gasteiger partial charge in [0, 0.05) is 30.3 Å². The van der Waals surface area contributed by atoms with Gasteiger partial charge in [0.2, 0.25) is 5.91 Å². The first-order valence-corrected chi connectivity index (χ1v) is 6.10. The zero-order valence-corrected chi connectivity index (χ0v) is 11.3. The van der Waals surface area contributed by atoms with E-state index in [4.69, 9.17) is 5.73 Å². The van der Waals surface area contributed by atoms with Crippen LogP contribution in [0.4, 0.5) is 5.69 Å². The molecule has 104 valence electrons. The third kappa shape index (κ3) is 4.54. The Kier molecular flexibility index (Phi) is 5.79. The van der Waals surface area contributed by atoms with Crippen LogP contribution in [0, 0.1) is 5.92 Å². The fourth-order valence-electron chi connectivity index (χ4n) is 1.58. The normalized spacial score (nSPS) is 13.3. The molecule has 0 radical (unpaired) electrons. The van der Waals surface area contributed by atoms with Crippen LogP contribution in [-0.4, -0.2) is 24.9 Å². The molecule has 0 saturated heterocycles. The number of anilines is 1. The first kappa shape index (κ1) is 15.5. The Hall–Kier alpha value is -1.59. The Morgan fingerprint density at radius 3 is 2.37 bits per heavy atom. The molecule has 1 aliphatic carbocycles. The number of rotatable bonds is 5. The second-order valence-corrected chi connectivity index (χ2v) is 4.39. The molecule has 1 saturated carbocycles. The third-order valence-electron chi connectivity index (χ3n) is 2.79. The molecular formula is C13H18ClN3O2. The summed E-state index contributed by atoms with van der Waals surface area (Å²) in [5.74, 6) is 0.0911. The standard InChI is InChI=1S/C13H17N3O2.ClH/c14-7-8-15-12(17)9-3-5-11(6-4-9)16-13(18)10-1-2-10;/h3-6,10H,1-2,7-8,14H2,(H,15,17)(H,16,18);1H. The Morgan fingerprint density at radius 2 is 1.84 bits per heavy atom. The third-order valence-corrected chi connectivity index (χ3v) is 2.79. The van der Waals surface area contributed by atoms with Gasteiger partial charge in [0.15, 0.2) is 0 Å². The van der Waals surface area contributed by atoms with Gasteiger partial charge in [-0.05, 0) is 37.1 Å². The fraction of sp³-hybridized carbons (Fsp3) is 0.385. The number of amides is 2. The number of halogens is 1. The second-order valence-electron chi connectivity index (χ2n) is 4.39. The van der Waals surface area contributed by atoms with Gasteiger partial charge in [0.05, 0.1) is 0 Å². The van der Waals surface area contributed by atoms with Gasteiger partial charge < -0.3 is 16.4 Å². The molecule has 0 unspecified atom stereocenters. The fourth-order valence-corrected chi connectivity index (χ4v) is 1.58. The van der Waals surface area contributed by atoms with Gasteiger partial charge in [-0.2, -0.15) is 0 Å². The highest BCUT2D eigenvalue weighted by atomic mass is 35.5. The van der Waals surface area contributed by atoms with E-state index in [0.717, 1.165) is 18.5 Å². The predicted molar refractivity (Wildman–Crippen MR) is 76.4 cm³/mol. The largest absolute Gasteiger partial charge is 0.351 e. The summed E-state index contributed by atoms with van der Waals surface area (Å²) >= 11 is 0. The van der Waals surface area contributed by atoms with Crippen molar-refractivity contribution in [1.82, 2.24) is 5.32 Å². The summed E-state index contributed by atoms with van der Waals surface area (Å²) in [6.07, 6.45) is 1.96. The minimum Gasteiger partial charge on any atom is -0.351 e. The number of carbonyl (C=O) groups excluding carboxylic acids is 2. The Morgan fingerprint density at radius 1 is 1.21 bits per heavy atom. The van der Waals surface area contributed by atoms with E-state index in [1.165, 1.54) is 0 Å². The van der Waals surface area contributed by atoms with Crippen molar-refractivity contribution in [3.05, 3.63) is 29.8 Å². The number of benzene rings is 1. The van der Waals surface area contributed by atoms with Gasteiger partial charge in [0.1, 0.15) is 0 Å². The molecule has 6 heteroatoms. The topological polar surface area (TPSA) is 84.2 Å². The minimum atomic E-state index is -0.152. The number of nitrogens with two attached hydrogens (primary N) is 1. The van der Waals surface area contributed by atoms with Crippen LogP contribution < -0.4 is 16.4 Å². The van der Waals surface area contributed by atoms with Crippen molar-refractivity contribution in [1.29, 1.82) is 0 Å². The van der Waals surface area contributed by atoms with E-state index in [0.29, 0.717) is 18.7 Å². The summed E-state index contributed by atoms with van der Waals surface area (Å²) in [4.78, 5) is 23.1. The van der Waals surface area contributed by atoms with Crippen molar-refractivity contribution in [2.75, 3.05) is 18.4 Å². The summed E-state index contributed by atoms with van der Waals surface area (Å²) < 4.78 is 0. The van der Waals surface area contributed by atoms with Gasteiger partial charge in [-0.1, -0.05) is 0 Å². The molecule has 0 spiro atoms. The highest BCUT2D eigenvalue weighted by molar-refractivity contribution is 5.96. The van der Waals surface area contributed by atoms with E-state index >= 15 is 0 Å². The summed E-state index contributed by atoms with van der Waals surface area (Å²) in [6.45, 7) is 0.875. The number of nitrogens with one attached hydrogen (secondary N) is 2. The van der Waals surface area contributed by atoms with Crippen LogP contribution in [-0.2, 0) is 4.79 Å². The maximum Gasteiger partial charge on any atom is 0.251 e. The van der Waals surface area contributed by atoms with Gasteiger partial charge >= 0.3 is 0 Å². The lowest BCUT2D eigenvalue weighted by atomic mass is 10.2. The maximum atomic E-state index is 11.6. The van der Waals surface area contributed by atoms with E-state index in [9.17, 15) is 9.59 Å². The van der Waals surface area contributed by atoms with Crippen LogP contribution in [0.5, 0.6) is 0 Å². The van der Waals surface area contributed by atoms with Crippen molar-refractivity contribution in [2.24, 2.45) is 11.7 Å². The molecule has 4 N–H and O–H groups in total. The highest BCUT2D eigenvalue weighted by Gasteiger charge is 2.29. The maximum absolute atomic E-state index is 11.6. The number of hydrogen-bond donors (Lipinski definition) is 3. The summed E-state index contributed by atoms with van der Waals surface area (Å²) in [6, 6.07) is 6.85. The first-order chi connectivity index (χ1) is 8.70. The zero-order valence-electron chi connectivity index (χ0n) is 10.5. The minimum absolute atomic E-state index is 0. The van der Waals surface area contributed by atoms with E-state index in [1.807, 2.05) is 0 Å². The van der Waals surface area contributed by atoms with E-state index < -0.39 is 0 Å². The molecule has 2 amide bonds. The summed E-state index contributed by atoms with van der Waals surface area (Å²) in [5.41, 5.74) is 6.59. The molecule has 1 fully saturated rings. The Labute approximate surface area is 118 Å². The zero-order chi connectivity index (χ0) is 13.0. The SMILES string of the molecule is Cl.NCCNC(=O)c1ccc(NC(=O)C2CC2)cc1. The van der Waals surface area contributed by atoms with Crippen LogP contribution in [0.15, 0.2) is 24.3 Å².